The van der Waals surface area contributed by atoms with Crippen LogP contribution in [0.5, 0.6) is 0 Å². The largest absolute Gasteiger partial charge is 0.465 e. The first-order valence-electron chi connectivity index (χ1n) is 11.5. The van der Waals surface area contributed by atoms with Crippen molar-refractivity contribution in [3.05, 3.63) is 66.1 Å². The van der Waals surface area contributed by atoms with Crippen molar-refractivity contribution in [2.45, 2.75) is 32.9 Å². The highest BCUT2D eigenvalue weighted by Gasteiger charge is 2.21. The first-order valence-corrected chi connectivity index (χ1v) is 11.5. The van der Waals surface area contributed by atoms with Crippen LogP contribution >= 0.6 is 0 Å². The molecule has 0 saturated heterocycles. The van der Waals surface area contributed by atoms with Gasteiger partial charge in [0.25, 0.3) is 0 Å². The van der Waals surface area contributed by atoms with Gasteiger partial charge in [0.05, 0.1) is 0 Å². The summed E-state index contributed by atoms with van der Waals surface area (Å²) in [7, 11) is 1.34. The Balaban J connectivity index is 1.69. The molecular weight excluding hydrogens is 465 g/mol. The van der Waals surface area contributed by atoms with Crippen LogP contribution in [0.2, 0.25) is 0 Å². The highest BCUT2D eigenvalue weighted by Crippen LogP contribution is 2.21. The van der Waals surface area contributed by atoms with Gasteiger partial charge in [0, 0.05) is 49.0 Å². The third kappa shape index (κ3) is 7.29. The van der Waals surface area contributed by atoms with E-state index in [1.54, 1.807) is 36.5 Å². The quantitative estimate of drug-likeness (QED) is 0.258. The number of carbonyl (C=O) groups excluding carboxylic acids is 1. The Bertz CT molecular complexity index is 1210. The number of aromatic nitrogens is 2. The van der Waals surface area contributed by atoms with Crippen molar-refractivity contribution in [1.82, 2.24) is 14.9 Å². The maximum absolute atomic E-state index is 13.5. The Morgan fingerprint density at radius 3 is 2.53 bits per heavy atom. The summed E-state index contributed by atoms with van der Waals surface area (Å²) >= 11 is 0. The van der Waals surface area contributed by atoms with Gasteiger partial charge in [-0.3, -0.25) is 9.69 Å². The molecule has 2 amide bonds. The Hall–Kier alpha value is -4.41. The Morgan fingerprint density at radius 2 is 1.81 bits per heavy atom. The summed E-state index contributed by atoms with van der Waals surface area (Å²) in [6, 6.07) is 12.3. The number of halogens is 1. The van der Waals surface area contributed by atoms with Crippen LogP contribution in [0.25, 0.3) is 0 Å². The van der Waals surface area contributed by atoms with Crippen LogP contribution in [0, 0.1) is 5.82 Å². The lowest BCUT2D eigenvalue weighted by Crippen LogP contribution is -2.42. The number of anilines is 5. The molecule has 10 nitrogen and oxygen atoms in total. The van der Waals surface area contributed by atoms with E-state index in [1.807, 2.05) is 13.0 Å². The van der Waals surface area contributed by atoms with E-state index in [-0.39, 0.29) is 5.82 Å². The van der Waals surface area contributed by atoms with Crippen LogP contribution < -0.4 is 21.3 Å². The van der Waals surface area contributed by atoms with Gasteiger partial charge in [-0.25, -0.2) is 14.2 Å². The highest BCUT2D eigenvalue weighted by molar-refractivity contribution is 5.96. The average Bonchev–Trinajstić information content (AvgIpc) is 2.86. The SMILES string of the molecule is CCCNc1nc(Nc2cccc(F)c2)ncc1CNc1cccc(NC(=O)C(C)N(C)C(=O)O)c1. The fraction of sp³-hybridized carbons (Fsp3) is 0.280. The van der Waals surface area contributed by atoms with Crippen LogP contribution in [-0.4, -0.2) is 51.6 Å². The first kappa shape index (κ1) is 26.2. The van der Waals surface area contributed by atoms with Crippen LogP contribution in [0.1, 0.15) is 25.8 Å². The number of nitrogens with one attached hydrogen (secondary N) is 4. The molecule has 190 valence electrons. The second-order valence-electron chi connectivity index (χ2n) is 8.12. The summed E-state index contributed by atoms with van der Waals surface area (Å²) in [5, 5.41) is 21.4. The topological polar surface area (TPSA) is 132 Å². The zero-order valence-corrected chi connectivity index (χ0v) is 20.4. The minimum atomic E-state index is -1.18. The molecule has 1 atom stereocenters. The molecule has 3 rings (SSSR count). The second kappa shape index (κ2) is 12.3. The highest BCUT2D eigenvalue weighted by atomic mass is 19.1. The number of amides is 2. The van der Waals surface area contributed by atoms with E-state index in [4.69, 9.17) is 5.11 Å². The van der Waals surface area contributed by atoms with Gasteiger partial charge < -0.3 is 26.4 Å². The van der Waals surface area contributed by atoms with Crippen molar-refractivity contribution in [3.8, 4) is 0 Å². The third-order valence-corrected chi connectivity index (χ3v) is 5.36. The van der Waals surface area contributed by atoms with Gasteiger partial charge in [0.1, 0.15) is 17.7 Å². The normalized spacial score (nSPS) is 11.3. The van der Waals surface area contributed by atoms with Gasteiger partial charge in [-0.05, 0) is 49.7 Å². The van der Waals surface area contributed by atoms with Gasteiger partial charge in [0.2, 0.25) is 11.9 Å². The molecule has 0 aliphatic rings. The van der Waals surface area contributed by atoms with Gasteiger partial charge in [-0.15, -0.1) is 0 Å². The number of nitrogens with zero attached hydrogens (tertiary/aromatic N) is 3. The number of benzene rings is 2. The summed E-state index contributed by atoms with van der Waals surface area (Å²) in [5.41, 5.74) is 2.64. The first-order chi connectivity index (χ1) is 17.3. The van der Waals surface area contributed by atoms with Gasteiger partial charge in [-0.1, -0.05) is 19.1 Å². The van der Waals surface area contributed by atoms with Crippen molar-refractivity contribution in [2.24, 2.45) is 0 Å². The molecule has 1 aromatic heterocycles. The van der Waals surface area contributed by atoms with Crippen LogP contribution in [0.15, 0.2) is 54.7 Å². The monoisotopic (exact) mass is 495 g/mol. The average molecular weight is 496 g/mol. The maximum atomic E-state index is 13.5. The van der Waals surface area contributed by atoms with Crippen LogP contribution in [0.4, 0.5) is 38.0 Å². The van der Waals surface area contributed by atoms with Crippen LogP contribution in [-0.2, 0) is 11.3 Å². The van der Waals surface area contributed by atoms with Gasteiger partial charge in [-0.2, -0.15) is 4.98 Å². The van der Waals surface area contributed by atoms with E-state index in [2.05, 4.69) is 31.2 Å². The lowest BCUT2D eigenvalue weighted by atomic mass is 10.2. The Morgan fingerprint density at radius 1 is 1.08 bits per heavy atom. The third-order valence-electron chi connectivity index (χ3n) is 5.36. The molecule has 3 aromatic rings. The minimum absolute atomic E-state index is 0.341. The molecule has 11 heteroatoms. The molecule has 1 unspecified atom stereocenters. The maximum Gasteiger partial charge on any atom is 0.407 e. The predicted octanol–water partition coefficient (Wildman–Crippen LogP) is 4.73. The van der Waals surface area contributed by atoms with Crippen molar-refractivity contribution >= 4 is 40.8 Å². The number of hydrogen-bond acceptors (Lipinski definition) is 7. The van der Waals surface area contributed by atoms with E-state index in [0.29, 0.717) is 36.2 Å². The summed E-state index contributed by atoms with van der Waals surface area (Å²) < 4.78 is 13.5. The number of likely N-dealkylation sites (N-methyl/N-ethyl adjacent to an activating group) is 1. The van der Waals surface area contributed by atoms with Crippen molar-refractivity contribution < 1.29 is 19.1 Å². The molecule has 0 saturated carbocycles. The molecule has 1 heterocycles. The number of hydrogen-bond donors (Lipinski definition) is 5. The molecule has 2 aromatic carbocycles. The number of carbonyl (C=O) groups is 2. The Kier molecular flexibility index (Phi) is 8.98. The lowest BCUT2D eigenvalue weighted by molar-refractivity contribution is -0.119. The van der Waals surface area contributed by atoms with E-state index in [9.17, 15) is 14.0 Å². The van der Waals surface area contributed by atoms with Gasteiger partial charge in [0.15, 0.2) is 0 Å². The summed E-state index contributed by atoms with van der Waals surface area (Å²) in [5.74, 6) is 0.200. The molecule has 0 spiro atoms. The molecular formula is C25H30FN7O3. The molecule has 0 fully saturated rings. The van der Waals surface area contributed by atoms with Crippen LogP contribution in [0.3, 0.4) is 0 Å². The van der Waals surface area contributed by atoms with E-state index < -0.39 is 18.0 Å². The summed E-state index contributed by atoms with van der Waals surface area (Å²) in [6.45, 7) is 4.69. The van der Waals surface area contributed by atoms with E-state index in [1.165, 1.54) is 26.1 Å². The van der Waals surface area contributed by atoms with Crippen molar-refractivity contribution in [3.63, 3.8) is 0 Å². The smallest absolute Gasteiger partial charge is 0.407 e. The molecule has 0 radical (unpaired) electrons. The molecule has 5 N–H and O–H groups in total. The molecule has 36 heavy (non-hydrogen) atoms. The predicted molar refractivity (Wildman–Crippen MR) is 138 cm³/mol. The lowest BCUT2D eigenvalue weighted by Gasteiger charge is -2.21. The van der Waals surface area contributed by atoms with E-state index >= 15 is 0 Å². The van der Waals surface area contributed by atoms with Crippen molar-refractivity contribution in [2.75, 3.05) is 34.9 Å². The number of rotatable bonds is 11. The summed E-state index contributed by atoms with van der Waals surface area (Å²) in [4.78, 5) is 33.3. The van der Waals surface area contributed by atoms with Crippen molar-refractivity contribution in [1.29, 1.82) is 0 Å². The number of carboxylic acid groups (broad SMARTS) is 1. The molecule has 0 bridgehead atoms. The minimum Gasteiger partial charge on any atom is -0.465 e. The Labute approximate surface area is 209 Å². The standard InChI is InChI=1S/C25H30FN7O3/c1-4-11-27-22-17(15-29-24(32-22)31-20-9-5-7-18(26)12-20)14-28-19-8-6-10-21(13-19)30-23(34)16(2)33(3)25(35)36/h5-10,12-13,15-16,28H,4,11,14H2,1-3H3,(H,30,34)(H,35,36)(H2,27,29,31,32). The van der Waals surface area contributed by atoms with Gasteiger partial charge >= 0.3 is 6.09 Å². The molecule has 0 aliphatic heterocycles. The fourth-order valence-electron chi connectivity index (χ4n) is 3.18. The molecule has 0 aliphatic carbocycles. The second-order valence-corrected chi connectivity index (χ2v) is 8.12. The zero-order chi connectivity index (χ0) is 26.1. The zero-order valence-electron chi connectivity index (χ0n) is 20.4. The fourth-order valence-corrected chi connectivity index (χ4v) is 3.18. The van der Waals surface area contributed by atoms with E-state index in [0.717, 1.165) is 22.6 Å². The summed E-state index contributed by atoms with van der Waals surface area (Å²) in [6.07, 6.45) is 1.41.